The summed E-state index contributed by atoms with van der Waals surface area (Å²) in [6, 6.07) is 8.65. The lowest BCUT2D eigenvalue weighted by Crippen LogP contribution is -2.27. The van der Waals surface area contributed by atoms with Gasteiger partial charge in [-0.25, -0.2) is 14.5 Å². The van der Waals surface area contributed by atoms with Gasteiger partial charge in [0.15, 0.2) is 11.6 Å². The molecule has 0 aromatic carbocycles. The summed E-state index contributed by atoms with van der Waals surface area (Å²) >= 11 is 0. The predicted molar refractivity (Wildman–Crippen MR) is 126 cm³/mol. The van der Waals surface area contributed by atoms with E-state index in [4.69, 9.17) is 0 Å². The third kappa shape index (κ3) is 5.38. The monoisotopic (exact) mass is 460 g/mol. The van der Waals surface area contributed by atoms with Crippen molar-refractivity contribution in [2.24, 2.45) is 0 Å². The van der Waals surface area contributed by atoms with E-state index in [0.29, 0.717) is 11.5 Å². The van der Waals surface area contributed by atoms with Gasteiger partial charge in [0, 0.05) is 43.2 Å². The largest absolute Gasteiger partial charge is 0.339 e. The van der Waals surface area contributed by atoms with Crippen LogP contribution in [0, 0.1) is 18.8 Å². The van der Waals surface area contributed by atoms with Crippen LogP contribution in [0.25, 0.3) is 5.52 Å². The molecule has 2 aliphatic rings. The maximum Gasteiger partial charge on any atom is 0.255 e. The molecule has 2 N–H and O–H groups in total. The van der Waals surface area contributed by atoms with Crippen LogP contribution in [0.2, 0.25) is 0 Å². The van der Waals surface area contributed by atoms with E-state index in [1.165, 1.54) is 43.2 Å². The molecule has 5 heterocycles. The summed E-state index contributed by atoms with van der Waals surface area (Å²) in [4.78, 5) is 21.2. The Morgan fingerprint density at radius 2 is 1.94 bits per heavy atom. The number of H-pyrrole nitrogens is 1. The SMILES string of the molecule is C#C.O=C(c1ccc(F)nc1)N1CCCC1.c1cc2c(Nc3cc(C4CC4)[nH]n3)ncnn2c1. The number of terminal acetylenes is 1. The van der Waals surface area contributed by atoms with E-state index < -0.39 is 5.95 Å². The van der Waals surface area contributed by atoms with E-state index in [1.807, 2.05) is 18.3 Å². The first kappa shape index (κ1) is 22.9. The number of carbonyl (C=O) groups is 1. The second-order valence-electron chi connectivity index (χ2n) is 7.92. The number of hydrogen-bond donors (Lipinski definition) is 2. The Kier molecular flexibility index (Phi) is 7.13. The van der Waals surface area contributed by atoms with Gasteiger partial charge < -0.3 is 10.2 Å². The molecule has 4 aromatic rings. The lowest BCUT2D eigenvalue weighted by Gasteiger charge is -2.14. The number of aromatic amines is 1. The minimum absolute atomic E-state index is 0.0463. The zero-order valence-corrected chi connectivity index (χ0v) is 18.6. The van der Waals surface area contributed by atoms with Gasteiger partial charge in [0.1, 0.15) is 11.8 Å². The first-order chi connectivity index (χ1) is 16.7. The molecule has 4 aromatic heterocycles. The molecule has 9 nitrogen and oxygen atoms in total. The Labute approximate surface area is 196 Å². The quantitative estimate of drug-likeness (QED) is 0.355. The maximum atomic E-state index is 12.5. The molecule has 1 saturated carbocycles. The molecular formula is C24H25FN8O. The highest BCUT2D eigenvalue weighted by Crippen LogP contribution is 2.39. The minimum atomic E-state index is -0.553. The van der Waals surface area contributed by atoms with Crippen molar-refractivity contribution >= 4 is 23.1 Å². The lowest BCUT2D eigenvalue weighted by atomic mass is 10.2. The van der Waals surface area contributed by atoms with Gasteiger partial charge in [-0.3, -0.25) is 9.89 Å². The van der Waals surface area contributed by atoms with Crippen molar-refractivity contribution in [3.8, 4) is 12.8 Å². The average Bonchev–Trinajstić information content (AvgIpc) is 3.27. The van der Waals surface area contributed by atoms with Crippen molar-refractivity contribution in [2.75, 3.05) is 18.4 Å². The highest BCUT2D eigenvalue weighted by atomic mass is 19.1. The smallest absolute Gasteiger partial charge is 0.255 e. The van der Waals surface area contributed by atoms with Crippen LogP contribution in [-0.4, -0.2) is 53.7 Å². The van der Waals surface area contributed by atoms with Crippen molar-refractivity contribution < 1.29 is 9.18 Å². The number of halogens is 1. The van der Waals surface area contributed by atoms with Gasteiger partial charge in [0.2, 0.25) is 5.95 Å². The van der Waals surface area contributed by atoms with E-state index >= 15 is 0 Å². The van der Waals surface area contributed by atoms with Gasteiger partial charge in [0.05, 0.1) is 5.56 Å². The molecular weight excluding hydrogens is 435 g/mol. The fourth-order valence-corrected chi connectivity index (χ4v) is 3.69. The standard InChI is InChI=1S/C12H12N6.C10H11FN2O.C2H2/c1-2-10-12(13-7-14-18(10)5-1)15-11-6-9(16-17-11)8-3-4-8;11-9-4-3-8(7-12-9)10(14)13-5-1-2-6-13;1-2/h1-2,5-8H,3-4H2,(H2,13,14,15,16,17);3-4,7H,1-2,5-6H2;1-2H. The Morgan fingerprint density at radius 3 is 2.65 bits per heavy atom. The molecule has 0 atom stereocenters. The van der Waals surface area contributed by atoms with Gasteiger partial charge >= 0.3 is 0 Å². The number of pyridine rings is 1. The highest BCUT2D eigenvalue weighted by Gasteiger charge is 2.25. The number of likely N-dealkylation sites (tertiary alicyclic amines) is 1. The fourth-order valence-electron chi connectivity index (χ4n) is 3.69. The Morgan fingerprint density at radius 1 is 1.15 bits per heavy atom. The van der Waals surface area contributed by atoms with Crippen LogP contribution in [0.15, 0.2) is 49.1 Å². The van der Waals surface area contributed by atoms with Gasteiger partial charge in [-0.2, -0.15) is 14.6 Å². The molecule has 6 rings (SSSR count). The van der Waals surface area contributed by atoms with Gasteiger partial charge in [0.25, 0.3) is 5.91 Å². The first-order valence-electron chi connectivity index (χ1n) is 11.0. The lowest BCUT2D eigenvalue weighted by molar-refractivity contribution is 0.0792. The number of amides is 1. The van der Waals surface area contributed by atoms with E-state index in [-0.39, 0.29) is 5.91 Å². The summed E-state index contributed by atoms with van der Waals surface area (Å²) in [5, 5.41) is 14.7. The maximum absolute atomic E-state index is 12.5. The van der Waals surface area contributed by atoms with Crippen LogP contribution in [0.5, 0.6) is 0 Å². The number of fused-ring (bicyclic) bond motifs is 1. The molecule has 0 bridgehead atoms. The van der Waals surface area contributed by atoms with Crippen molar-refractivity contribution in [2.45, 2.75) is 31.6 Å². The number of anilines is 2. The molecule has 2 fully saturated rings. The Hall–Kier alpha value is -4.26. The second-order valence-corrected chi connectivity index (χ2v) is 7.92. The molecule has 0 radical (unpaired) electrons. The summed E-state index contributed by atoms with van der Waals surface area (Å²) < 4.78 is 14.3. The van der Waals surface area contributed by atoms with Crippen LogP contribution in [0.3, 0.4) is 0 Å². The van der Waals surface area contributed by atoms with E-state index in [0.717, 1.165) is 43.1 Å². The third-order valence-corrected chi connectivity index (χ3v) is 5.56. The highest BCUT2D eigenvalue weighted by molar-refractivity contribution is 5.94. The summed E-state index contributed by atoms with van der Waals surface area (Å²) in [6.07, 6.45) is 17.3. The number of aromatic nitrogens is 6. The normalized spacial score (nSPS) is 14.6. The molecule has 1 aliphatic heterocycles. The molecule has 0 spiro atoms. The molecule has 10 heteroatoms. The van der Waals surface area contributed by atoms with Crippen LogP contribution >= 0.6 is 0 Å². The topological polar surface area (TPSA) is 104 Å². The van der Waals surface area contributed by atoms with Crippen LogP contribution in [0.4, 0.5) is 16.0 Å². The molecule has 1 saturated heterocycles. The zero-order chi connectivity index (χ0) is 23.9. The third-order valence-electron chi connectivity index (χ3n) is 5.56. The second kappa shape index (κ2) is 10.6. The fraction of sp³-hybridized carbons (Fsp3) is 0.292. The van der Waals surface area contributed by atoms with E-state index in [1.54, 1.807) is 9.42 Å². The number of carbonyl (C=O) groups excluding carboxylic acids is 1. The first-order valence-corrected chi connectivity index (χ1v) is 11.0. The summed E-state index contributed by atoms with van der Waals surface area (Å²) in [5.41, 5.74) is 2.61. The van der Waals surface area contributed by atoms with Gasteiger partial charge in [-0.1, -0.05) is 0 Å². The number of nitrogens with one attached hydrogen (secondary N) is 2. The molecule has 1 aliphatic carbocycles. The van der Waals surface area contributed by atoms with Crippen molar-refractivity contribution in [3.63, 3.8) is 0 Å². The summed E-state index contributed by atoms with van der Waals surface area (Å²) in [7, 11) is 0. The predicted octanol–water partition coefficient (Wildman–Crippen LogP) is 3.78. The number of rotatable bonds is 4. The molecule has 1 amide bonds. The van der Waals surface area contributed by atoms with Crippen LogP contribution in [-0.2, 0) is 0 Å². The molecule has 0 unspecified atom stereocenters. The number of hydrogen-bond acceptors (Lipinski definition) is 6. The van der Waals surface area contributed by atoms with Gasteiger partial charge in [-0.05, 0) is 49.9 Å². The van der Waals surface area contributed by atoms with Crippen molar-refractivity contribution in [1.29, 1.82) is 0 Å². The molecule has 174 valence electrons. The zero-order valence-electron chi connectivity index (χ0n) is 18.6. The Bertz CT molecular complexity index is 1250. The van der Waals surface area contributed by atoms with E-state index in [2.05, 4.69) is 49.5 Å². The van der Waals surface area contributed by atoms with Gasteiger partial charge in [-0.15, -0.1) is 12.8 Å². The summed E-state index contributed by atoms with van der Waals surface area (Å²) in [5.74, 6) is 1.65. The van der Waals surface area contributed by atoms with Crippen molar-refractivity contribution in [3.05, 3.63) is 66.3 Å². The van der Waals surface area contributed by atoms with E-state index in [9.17, 15) is 9.18 Å². The Balaban J connectivity index is 0.000000155. The summed E-state index contributed by atoms with van der Waals surface area (Å²) in [6.45, 7) is 1.60. The molecule has 34 heavy (non-hydrogen) atoms. The van der Waals surface area contributed by atoms with Crippen LogP contribution in [0.1, 0.15) is 47.7 Å². The average molecular weight is 461 g/mol. The minimum Gasteiger partial charge on any atom is -0.339 e. The number of nitrogens with zero attached hydrogens (tertiary/aromatic N) is 6. The van der Waals surface area contributed by atoms with Crippen LogP contribution < -0.4 is 5.32 Å². The van der Waals surface area contributed by atoms with Crippen molar-refractivity contribution in [1.82, 2.24) is 34.7 Å².